The van der Waals surface area contributed by atoms with Crippen LogP contribution >= 0.6 is 0 Å². The van der Waals surface area contributed by atoms with Gasteiger partial charge in [-0.25, -0.2) is 0 Å². The van der Waals surface area contributed by atoms with Crippen LogP contribution in [0, 0.1) is 0 Å². The zero-order valence-corrected chi connectivity index (χ0v) is 34.5. The smallest absolute Gasteiger partial charge is 0.133 e. The van der Waals surface area contributed by atoms with E-state index >= 15 is 0 Å². The van der Waals surface area contributed by atoms with E-state index in [-0.39, 0.29) is 12.1 Å². The topological polar surface area (TPSA) is 41.4 Å². The molecule has 10 aromatic rings. The van der Waals surface area contributed by atoms with Crippen LogP contribution in [0.2, 0.25) is 0 Å². The Balaban J connectivity index is 0.974. The molecule has 4 heteroatoms. The SMILES string of the molecule is C1=C(c2ccccc2)NC(c2cccc(-c3cc4ccccc4c4c3NC(c3ccccc3)C=C4c3ccccc3)c2)=NC1c1ccc(-n2c3ccccc3c3ccccc32)cc1. The summed E-state index contributed by atoms with van der Waals surface area (Å²) >= 11 is 0. The fourth-order valence-corrected chi connectivity index (χ4v) is 9.64. The summed E-state index contributed by atoms with van der Waals surface area (Å²) in [5, 5.41) is 12.7. The lowest BCUT2D eigenvalue weighted by Gasteiger charge is -2.31. The fourth-order valence-electron chi connectivity index (χ4n) is 9.64. The van der Waals surface area contributed by atoms with Gasteiger partial charge in [0.15, 0.2) is 0 Å². The third kappa shape index (κ3) is 6.52. The lowest BCUT2D eigenvalue weighted by atomic mass is 9.83. The van der Waals surface area contributed by atoms with Gasteiger partial charge in [-0.1, -0.05) is 182 Å². The molecule has 2 atom stereocenters. The molecule has 2 N–H and O–H groups in total. The average molecular weight is 807 g/mol. The van der Waals surface area contributed by atoms with Gasteiger partial charge in [0.05, 0.1) is 28.8 Å². The maximum Gasteiger partial charge on any atom is 0.133 e. The second-order valence-electron chi connectivity index (χ2n) is 16.4. The van der Waals surface area contributed by atoms with Crippen molar-refractivity contribution in [3.05, 3.63) is 264 Å². The van der Waals surface area contributed by atoms with Crippen molar-refractivity contribution in [3.8, 4) is 16.8 Å². The Labute approximate surface area is 366 Å². The van der Waals surface area contributed by atoms with E-state index in [1.807, 2.05) is 0 Å². The van der Waals surface area contributed by atoms with Gasteiger partial charge < -0.3 is 15.2 Å². The van der Waals surface area contributed by atoms with Crippen molar-refractivity contribution >= 4 is 55.4 Å². The van der Waals surface area contributed by atoms with Gasteiger partial charge in [0, 0.05) is 38.8 Å². The number of aromatic nitrogens is 1. The normalized spacial score (nSPS) is 15.8. The second kappa shape index (κ2) is 15.4. The summed E-state index contributed by atoms with van der Waals surface area (Å²) in [7, 11) is 0. The molecule has 0 amide bonds. The van der Waals surface area contributed by atoms with Gasteiger partial charge >= 0.3 is 0 Å². The summed E-state index contributed by atoms with van der Waals surface area (Å²) in [6.07, 6.45) is 4.65. The fraction of sp³-hybridized carbons (Fsp3) is 0.0339. The van der Waals surface area contributed by atoms with E-state index in [9.17, 15) is 0 Å². The Kier molecular flexibility index (Phi) is 8.93. The lowest BCUT2D eigenvalue weighted by molar-refractivity contribution is 0.879. The van der Waals surface area contributed by atoms with Crippen molar-refractivity contribution in [2.45, 2.75) is 12.1 Å². The zero-order valence-electron chi connectivity index (χ0n) is 34.5. The first-order valence-electron chi connectivity index (χ1n) is 21.7. The van der Waals surface area contributed by atoms with Crippen molar-refractivity contribution in [2.75, 3.05) is 5.32 Å². The highest BCUT2D eigenvalue weighted by molar-refractivity contribution is 6.11. The Hall–Kier alpha value is -8.21. The molecule has 3 heterocycles. The summed E-state index contributed by atoms with van der Waals surface area (Å²) in [4.78, 5) is 5.46. The van der Waals surface area contributed by atoms with Gasteiger partial charge in [-0.15, -0.1) is 0 Å². The number of rotatable bonds is 7. The highest BCUT2D eigenvalue weighted by Gasteiger charge is 2.27. The number of hydrogen-bond donors (Lipinski definition) is 2. The van der Waals surface area contributed by atoms with Crippen molar-refractivity contribution < 1.29 is 0 Å². The summed E-state index contributed by atoms with van der Waals surface area (Å²) in [5.41, 5.74) is 16.1. The predicted molar refractivity (Wildman–Crippen MR) is 263 cm³/mol. The van der Waals surface area contributed by atoms with Crippen LogP contribution in [0.25, 0.3) is 60.7 Å². The molecule has 0 fully saturated rings. The Morgan fingerprint density at radius 3 is 1.75 bits per heavy atom. The van der Waals surface area contributed by atoms with Crippen LogP contribution in [0.3, 0.4) is 0 Å². The number of aliphatic imine (C=N–C) groups is 1. The summed E-state index contributed by atoms with van der Waals surface area (Å²) < 4.78 is 2.36. The van der Waals surface area contributed by atoms with E-state index in [1.165, 1.54) is 54.8 Å². The number of nitrogens with zero attached hydrogens (tertiary/aromatic N) is 2. The highest BCUT2D eigenvalue weighted by Crippen LogP contribution is 2.47. The minimum atomic E-state index is -0.201. The Morgan fingerprint density at radius 1 is 0.444 bits per heavy atom. The van der Waals surface area contributed by atoms with E-state index < -0.39 is 0 Å². The van der Waals surface area contributed by atoms with E-state index in [2.05, 4.69) is 246 Å². The van der Waals surface area contributed by atoms with Crippen LogP contribution in [0.15, 0.2) is 236 Å². The molecule has 0 saturated heterocycles. The molecule has 63 heavy (non-hydrogen) atoms. The minimum absolute atomic E-state index is 0.0120. The Bertz CT molecular complexity index is 3380. The van der Waals surface area contributed by atoms with E-state index in [0.717, 1.165) is 50.7 Å². The van der Waals surface area contributed by atoms with Gasteiger partial charge in [0.1, 0.15) is 5.84 Å². The second-order valence-corrected chi connectivity index (χ2v) is 16.4. The molecule has 9 aromatic carbocycles. The standard InChI is InChI=1S/C59H42N4/c1-4-17-39(18-5-1)50-37-52(40-19-6-2-7-20-40)60-58-51(36-44-23-10-11-26-47(44)57(50)58)43-24-16-25-45(35-43)59-61-53(41-21-8-3-9-22-41)38-54(62-59)42-31-33-46(34-32-42)63-55-29-14-12-27-48(55)49-28-13-15-30-56(49)63/h1-38,52,54,60H,(H,61,62). The number of hydrogen-bond acceptors (Lipinski definition) is 3. The molecule has 0 bridgehead atoms. The molecule has 1 aromatic heterocycles. The van der Waals surface area contributed by atoms with Crippen molar-refractivity contribution in [3.63, 3.8) is 0 Å². The molecule has 0 saturated carbocycles. The molecule has 4 nitrogen and oxygen atoms in total. The first-order valence-corrected chi connectivity index (χ1v) is 21.7. The third-order valence-electron chi connectivity index (χ3n) is 12.6. The highest BCUT2D eigenvalue weighted by atomic mass is 15.0. The quantitative estimate of drug-likeness (QED) is 0.168. The molecular weight excluding hydrogens is 765 g/mol. The van der Waals surface area contributed by atoms with Crippen LogP contribution in [-0.2, 0) is 0 Å². The van der Waals surface area contributed by atoms with E-state index in [1.54, 1.807) is 0 Å². The number of amidine groups is 1. The molecule has 298 valence electrons. The van der Waals surface area contributed by atoms with Gasteiger partial charge in [-0.05, 0) is 92.7 Å². The Morgan fingerprint density at radius 2 is 1.03 bits per heavy atom. The lowest BCUT2D eigenvalue weighted by Crippen LogP contribution is -2.27. The van der Waals surface area contributed by atoms with Crippen molar-refractivity contribution in [2.24, 2.45) is 4.99 Å². The maximum atomic E-state index is 5.46. The van der Waals surface area contributed by atoms with Crippen LogP contribution in [0.5, 0.6) is 0 Å². The van der Waals surface area contributed by atoms with E-state index in [0.29, 0.717) is 0 Å². The number of anilines is 1. The third-order valence-corrected chi connectivity index (χ3v) is 12.6. The summed E-state index contributed by atoms with van der Waals surface area (Å²) in [6, 6.07) is 78.2. The molecule has 2 aliphatic rings. The number of para-hydroxylation sites is 2. The predicted octanol–water partition coefficient (Wildman–Crippen LogP) is 14.3. The number of fused-ring (bicyclic) bond motifs is 6. The molecule has 2 unspecified atom stereocenters. The number of benzene rings is 9. The minimum Gasteiger partial charge on any atom is -0.374 e. The van der Waals surface area contributed by atoms with Crippen molar-refractivity contribution in [1.29, 1.82) is 0 Å². The average Bonchev–Trinajstić information content (AvgIpc) is 3.71. The molecule has 0 spiro atoms. The van der Waals surface area contributed by atoms with Gasteiger partial charge in [-0.2, -0.15) is 0 Å². The van der Waals surface area contributed by atoms with Crippen molar-refractivity contribution in [1.82, 2.24) is 9.88 Å². The summed E-state index contributed by atoms with van der Waals surface area (Å²) in [6.45, 7) is 0. The zero-order chi connectivity index (χ0) is 41.7. The van der Waals surface area contributed by atoms with Gasteiger partial charge in [0.25, 0.3) is 0 Å². The summed E-state index contributed by atoms with van der Waals surface area (Å²) in [5.74, 6) is 0.837. The van der Waals surface area contributed by atoms with Crippen LogP contribution in [0.4, 0.5) is 5.69 Å². The first kappa shape index (κ1) is 36.6. The van der Waals surface area contributed by atoms with Crippen LogP contribution in [0.1, 0.15) is 45.5 Å². The first-order chi connectivity index (χ1) is 31.2. The maximum absolute atomic E-state index is 5.46. The van der Waals surface area contributed by atoms with Gasteiger partial charge in [0.2, 0.25) is 0 Å². The van der Waals surface area contributed by atoms with Gasteiger partial charge in [-0.3, -0.25) is 4.99 Å². The molecule has 0 aliphatic carbocycles. The molecule has 2 aliphatic heterocycles. The van der Waals surface area contributed by atoms with Crippen LogP contribution < -0.4 is 10.6 Å². The molecule has 12 rings (SSSR count). The number of nitrogens with one attached hydrogen (secondary N) is 2. The van der Waals surface area contributed by atoms with E-state index in [4.69, 9.17) is 4.99 Å². The largest absolute Gasteiger partial charge is 0.374 e. The monoisotopic (exact) mass is 806 g/mol. The van der Waals surface area contributed by atoms with Crippen LogP contribution in [-0.4, -0.2) is 10.4 Å². The molecule has 0 radical (unpaired) electrons. The molecular formula is C59H42N4.